The number of thiocarbonyl (C=S) groups is 1. The van der Waals surface area contributed by atoms with Crippen molar-refractivity contribution in [1.29, 1.82) is 0 Å². The SMILES string of the molecule is COc1cc(/C=C2/SC(=S)N(C)C2=O)cc(Cl)c1OCCOc1ccc(C)cc1C. The molecule has 0 saturated carbocycles. The maximum Gasteiger partial charge on any atom is 0.265 e. The molecule has 1 fully saturated rings. The van der Waals surface area contributed by atoms with Crippen LogP contribution in [0.25, 0.3) is 6.08 Å². The summed E-state index contributed by atoms with van der Waals surface area (Å²) >= 11 is 12.8. The quantitative estimate of drug-likeness (QED) is 0.317. The van der Waals surface area contributed by atoms with Gasteiger partial charge in [0.2, 0.25) is 0 Å². The smallest absolute Gasteiger partial charge is 0.265 e. The van der Waals surface area contributed by atoms with Gasteiger partial charge in [0.1, 0.15) is 23.3 Å². The molecule has 0 atom stereocenters. The predicted octanol–water partition coefficient (Wildman–Crippen LogP) is 5.25. The normalized spacial score (nSPS) is 15.1. The number of carbonyl (C=O) groups is 1. The van der Waals surface area contributed by atoms with Gasteiger partial charge in [0.25, 0.3) is 5.91 Å². The van der Waals surface area contributed by atoms with E-state index < -0.39 is 0 Å². The van der Waals surface area contributed by atoms with Gasteiger partial charge in [0, 0.05) is 7.05 Å². The first-order valence-corrected chi connectivity index (χ1v) is 10.8. The predicted molar refractivity (Wildman–Crippen MR) is 126 cm³/mol. The lowest BCUT2D eigenvalue weighted by Gasteiger charge is -2.14. The number of likely N-dealkylation sites (N-methyl/N-ethyl adjacent to an activating group) is 1. The van der Waals surface area contributed by atoms with Crippen molar-refractivity contribution in [3.8, 4) is 17.2 Å². The van der Waals surface area contributed by atoms with E-state index >= 15 is 0 Å². The lowest BCUT2D eigenvalue weighted by molar-refractivity contribution is -0.121. The minimum Gasteiger partial charge on any atom is -0.493 e. The van der Waals surface area contributed by atoms with Crippen molar-refractivity contribution in [1.82, 2.24) is 4.90 Å². The molecular weight excluding hydrogens is 442 g/mol. The first-order chi connectivity index (χ1) is 14.3. The Bertz CT molecular complexity index is 1020. The molecule has 1 amide bonds. The van der Waals surface area contributed by atoms with Crippen LogP contribution in [0, 0.1) is 13.8 Å². The standard InChI is InChI=1S/C22H22ClNO4S2/c1-13-5-6-17(14(2)9-13)27-7-8-28-20-16(23)10-15(11-18(20)26-4)12-19-21(25)24(3)22(29)30-19/h5-6,9-12H,7-8H2,1-4H3/b19-12+. The molecule has 0 spiro atoms. The molecule has 3 rings (SSSR count). The summed E-state index contributed by atoms with van der Waals surface area (Å²) < 4.78 is 17.6. The molecule has 0 radical (unpaired) electrons. The van der Waals surface area contributed by atoms with E-state index in [4.69, 9.17) is 38.0 Å². The molecule has 0 aromatic heterocycles. The Kier molecular flexibility index (Phi) is 7.28. The first kappa shape index (κ1) is 22.5. The number of hydrogen-bond acceptors (Lipinski definition) is 6. The van der Waals surface area contributed by atoms with Crippen molar-refractivity contribution in [3.63, 3.8) is 0 Å². The number of amides is 1. The number of benzene rings is 2. The number of rotatable bonds is 7. The van der Waals surface area contributed by atoms with Gasteiger partial charge in [0.15, 0.2) is 11.5 Å². The highest BCUT2D eigenvalue weighted by Crippen LogP contribution is 2.38. The summed E-state index contributed by atoms with van der Waals surface area (Å²) in [6.07, 6.45) is 1.74. The fourth-order valence-electron chi connectivity index (χ4n) is 2.92. The van der Waals surface area contributed by atoms with Crippen LogP contribution in [0.4, 0.5) is 0 Å². The van der Waals surface area contributed by atoms with Gasteiger partial charge in [-0.05, 0) is 49.2 Å². The average Bonchev–Trinajstić information content (AvgIpc) is 2.94. The maximum absolute atomic E-state index is 12.2. The number of methoxy groups -OCH3 is 1. The summed E-state index contributed by atoms with van der Waals surface area (Å²) in [5, 5.41) is 0.388. The Morgan fingerprint density at radius 3 is 2.50 bits per heavy atom. The number of halogens is 1. The number of ether oxygens (including phenoxy) is 3. The van der Waals surface area contributed by atoms with Gasteiger partial charge in [-0.1, -0.05) is 53.3 Å². The van der Waals surface area contributed by atoms with Gasteiger partial charge in [-0.2, -0.15) is 0 Å². The molecule has 0 unspecified atom stereocenters. The topological polar surface area (TPSA) is 48.0 Å². The van der Waals surface area contributed by atoms with Crippen LogP contribution in [-0.4, -0.2) is 42.5 Å². The minimum atomic E-state index is -0.135. The van der Waals surface area contributed by atoms with Crippen molar-refractivity contribution in [2.24, 2.45) is 0 Å². The Labute approximate surface area is 190 Å². The van der Waals surface area contributed by atoms with E-state index in [1.54, 1.807) is 32.4 Å². The molecule has 1 saturated heterocycles. The van der Waals surface area contributed by atoms with Crippen LogP contribution in [0.5, 0.6) is 17.2 Å². The van der Waals surface area contributed by atoms with E-state index in [0.29, 0.717) is 39.0 Å². The van der Waals surface area contributed by atoms with Crippen LogP contribution in [0.15, 0.2) is 35.2 Å². The number of nitrogens with zero attached hydrogens (tertiary/aromatic N) is 1. The van der Waals surface area contributed by atoms with E-state index in [9.17, 15) is 4.79 Å². The summed E-state index contributed by atoms with van der Waals surface area (Å²) in [6, 6.07) is 9.53. The molecule has 1 aliphatic rings. The van der Waals surface area contributed by atoms with Crippen molar-refractivity contribution < 1.29 is 19.0 Å². The third-order valence-electron chi connectivity index (χ3n) is 4.45. The highest BCUT2D eigenvalue weighted by molar-refractivity contribution is 8.26. The molecule has 0 aliphatic carbocycles. The zero-order valence-electron chi connectivity index (χ0n) is 17.2. The Balaban J connectivity index is 1.68. The van der Waals surface area contributed by atoms with Crippen LogP contribution < -0.4 is 14.2 Å². The van der Waals surface area contributed by atoms with Crippen LogP contribution in [0.2, 0.25) is 5.02 Å². The van der Waals surface area contributed by atoms with Crippen LogP contribution in [0.1, 0.15) is 16.7 Å². The number of carbonyl (C=O) groups excluding carboxylic acids is 1. The van der Waals surface area contributed by atoms with Crippen molar-refractivity contribution >= 4 is 51.9 Å². The van der Waals surface area contributed by atoms with Gasteiger partial charge < -0.3 is 14.2 Å². The van der Waals surface area contributed by atoms with Crippen LogP contribution >= 0.6 is 35.6 Å². The van der Waals surface area contributed by atoms with E-state index in [1.807, 2.05) is 26.0 Å². The third kappa shape index (κ3) is 5.09. The molecule has 2 aromatic carbocycles. The highest BCUT2D eigenvalue weighted by atomic mass is 35.5. The molecule has 1 heterocycles. The molecule has 5 nitrogen and oxygen atoms in total. The fraction of sp³-hybridized carbons (Fsp3) is 0.273. The maximum atomic E-state index is 12.2. The zero-order chi connectivity index (χ0) is 21.8. The van der Waals surface area contributed by atoms with Crippen molar-refractivity contribution in [3.05, 3.63) is 56.9 Å². The van der Waals surface area contributed by atoms with Crippen molar-refractivity contribution in [2.75, 3.05) is 27.4 Å². The molecule has 158 valence electrons. The number of hydrogen-bond donors (Lipinski definition) is 0. The van der Waals surface area contributed by atoms with Gasteiger partial charge in [-0.3, -0.25) is 9.69 Å². The van der Waals surface area contributed by atoms with Gasteiger partial charge in [-0.25, -0.2) is 0 Å². The van der Waals surface area contributed by atoms with E-state index in [0.717, 1.165) is 16.9 Å². The van der Waals surface area contributed by atoms with E-state index in [2.05, 4.69) is 6.07 Å². The fourth-order valence-corrected chi connectivity index (χ4v) is 4.37. The Morgan fingerprint density at radius 2 is 1.87 bits per heavy atom. The molecule has 8 heteroatoms. The van der Waals surface area contributed by atoms with Gasteiger partial charge in [-0.15, -0.1) is 0 Å². The third-order valence-corrected chi connectivity index (χ3v) is 6.22. The van der Waals surface area contributed by atoms with E-state index in [1.165, 1.54) is 22.2 Å². The molecule has 2 aromatic rings. The number of aryl methyl sites for hydroxylation is 2. The lowest BCUT2D eigenvalue weighted by atomic mass is 10.1. The summed E-state index contributed by atoms with van der Waals surface area (Å²) in [5.74, 6) is 1.60. The number of thioether (sulfide) groups is 1. The second-order valence-corrected chi connectivity index (χ2v) is 8.82. The molecule has 30 heavy (non-hydrogen) atoms. The molecule has 0 N–H and O–H groups in total. The Hall–Kier alpha value is -2.22. The first-order valence-electron chi connectivity index (χ1n) is 9.22. The largest absolute Gasteiger partial charge is 0.493 e. The summed E-state index contributed by atoms with van der Waals surface area (Å²) in [4.78, 5) is 14.2. The molecular formula is C22H22ClNO4S2. The monoisotopic (exact) mass is 463 g/mol. The summed E-state index contributed by atoms with van der Waals surface area (Å²) in [6.45, 7) is 4.72. The Morgan fingerprint density at radius 1 is 1.13 bits per heavy atom. The van der Waals surface area contributed by atoms with Crippen LogP contribution in [-0.2, 0) is 4.79 Å². The summed E-state index contributed by atoms with van der Waals surface area (Å²) in [5.41, 5.74) is 2.99. The second-order valence-electron chi connectivity index (χ2n) is 6.74. The second kappa shape index (κ2) is 9.73. The van der Waals surface area contributed by atoms with Gasteiger partial charge >= 0.3 is 0 Å². The van der Waals surface area contributed by atoms with Crippen LogP contribution in [0.3, 0.4) is 0 Å². The van der Waals surface area contributed by atoms with Crippen molar-refractivity contribution in [2.45, 2.75) is 13.8 Å². The average molecular weight is 464 g/mol. The lowest BCUT2D eigenvalue weighted by Crippen LogP contribution is -2.22. The van der Waals surface area contributed by atoms with Gasteiger partial charge in [0.05, 0.1) is 17.0 Å². The zero-order valence-corrected chi connectivity index (χ0v) is 19.5. The minimum absolute atomic E-state index is 0.135. The van der Waals surface area contributed by atoms with E-state index in [-0.39, 0.29) is 5.91 Å². The molecule has 1 aliphatic heterocycles. The highest BCUT2D eigenvalue weighted by Gasteiger charge is 2.28. The summed E-state index contributed by atoms with van der Waals surface area (Å²) in [7, 11) is 3.20. The molecule has 0 bridgehead atoms.